The number of imidazole rings is 1. The van der Waals surface area contributed by atoms with Crippen molar-refractivity contribution in [3.05, 3.63) is 120 Å². The molecule has 6 atom stereocenters. The molecular weight excluding hydrogens is 817 g/mol. The maximum atomic E-state index is 14.4. The highest BCUT2D eigenvalue weighted by Gasteiger charge is 2.51. The Morgan fingerprint density at radius 2 is 1.54 bits per heavy atom. The van der Waals surface area contributed by atoms with Gasteiger partial charge in [0.1, 0.15) is 11.9 Å². The maximum Gasteiger partial charge on any atom is 0.407 e. The Hall–Kier alpha value is -6.82. The number of nitrogens with one attached hydrogen (secondary N) is 2. The van der Waals surface area contributed by atoms with Crippen LogP contribution in [-0.4, -0.2) is 82.2 Å². The van der Waals surface area contributed by atoms with E-state index in [0.717, 1.165) is 87.9 Å². The fraction of sp³-hybridized carbons (Fsp3) is 0.358. The Morgan fingerprint density at radius 1 is 0.815 bits per heavy atom. The first-order valence-electron chi connectivity index (χ1n) is 22.9. The lowest BCUT2D eigenvalue weighted by atomic mass is 9.90. The molecule has 332 valence electrons. The molecule has 4 heterocycles. The summed E-state index contributed by atoms with van der Waals surface area (Å²) in [7, 11) is 2.67. The van der Waals surface area contributed by atoms with E-state index in [4.69, 9.17) is 19.5 Å². The van der Waals surface area contributed by atoms with Crippen molar-refractivity contribution in [2.75, 3.05) is 20.8 Å². The molecule has 6 aromatic rings. The molecule has 2 saturated heterocycles. The van der Waals surface area contributed by atoms with Gasteiger partial charge < -0.3 is 29.6 Å². The van der Waals surface area contributed by atoms with Crippen LogP contribution in [0.2, 0.25) is 0 Å². The molecule has 4 aliphatic rings. The topological polar surface area (TPSA) is 146 Å². The summed E-state index contributed by atoms with van der Waals surface area (Å²) >= 11 is 0. The molecule has 2 N–H and O–H groups in total. The highest BCUT2D eigenvalue weighted by Crippen LogP contribution is 2.51. The Morgan fingerprint density at radius 3 is 2.29 bits per heavy atom. The van der Waals surface area contributed by atoms with E-state index in [0.29, 0.717) is 18.5 Å². The minimum Gasteiger partial charge on any atom is -0.469 e. The van der Waals surface area contributed by atoms with Crippen LogP contribution in [-0.2, 0) is 30.3 Å². The van der Waals surface area contributed by atoms with Crippen molar-refractivity contribution in [3.63, 3.8) is 0 Å². The number of benzene rings is 5. The zero-order valence-electron chi connectivity index (χ0n) is 37.3. The van der Waals surface area contributed by atoms with Gasteiger partial charge in [0.05, 0.1) is 56.2 Å². The SMILES string of the molecule is COC(=O)C[C@H](C(=O)N1CCC[C@H]1C1=Nc2ccc3cc(-c4ccc5cc(-c6cnc([C@@H]7[C@H]8CC[C@H](C8)N7C(=O)[C@H](NC(=O)OC)c7ccccc7)[nH]6)ccc5c4)ccc3c2C1)C(C)C. The third kappa shape index (κ3) is 7.82. The minimum absolute atomic E-state index is 0.0151. The maximum absolute atomic E-state index is 14.4. The van der Waals surface area contributed by atoms with Gasteiger partial charge in [0.2, 0.25) is 5.91 Å². The number of esters is 1. The van der Waals surface area contributed by atoms with Crippen LogP contribution in [0.1, 0.15) is 81.4 Å². The number of ether oxygens (including phenoxy) is 2. The number of H-pyrrole nitrogens is 1. The van der Waals surface area contributed by atoms with E-state index in [1.165, 1.54) is 25.2 Å². The highest BCUT2D eigenvalue weighted by atomic mass is 16.5. The van der Waals surface area contributed by atoms with Crippen LogP contribution in [0.3, 0.4) is 0 Å². The number of carbonyl (C=O) groups excluding carboxylic acids is 4. The largest absolute Gasteiger partial charge is 0.469 e. The predicted octanol–water partition coefficient (Wildman–Crippen LogP) is 9.65. The number of amides is 3. The van der Waals surface area contributed by atoms with Crippen LogP contribution in [0, 0.1) is 17.8 Å². The molecule has 65 heavy (non-hydrogen) atoms. The lowest BCUT2D eigenvalue weighted by Gasteiger charge is -2.36. The molecule has 2 bridgehead atoms. The van der Waals surface area contributed by atoms with Gasteiger partial charge in [0, 0.05) is 30.3 Å². The van der Waals surface area contributed by atoms with Gasteiger partial charge in [-0.3, -0.25) is 19.4 Å². The van der Waals surface area contributed by atoms with Gasteiger partial charge in [-0.05, 0) is 112 Å². The Bertz CT molecular complexity index is 2870. The molecule has 5 aromatic carbocycles. The first-order chi connectivity index (χ1) is 31.6. The fourth-order valence-electron chi connectivity index (χ4n) is 11.0. The van der Waals surface area contributed by atoms with E-state index in [2.05, 4.69) is 77.0 Å². The van der Waals surface area contributed by atoms with E-state index < -0.39 is 18.1 Å². The van der Waals surface area contributed by atoms with Gasteiger partial charge in [-0.1, -0.05) is 86.6 Å². The van der Waals surface area contributed by atoms with E-state index >= 15 is 0 Å². The second-order valence-electron chi connectivity index (χ2n) is 18.5. The van der Waals surface area contributed by atoms with Crippen LogP contribution < -0.4 is 5.32 Å². The van der Waals surface area contributed by atoms with Crippen molar-refractivity contribution in [3.8, 4) is 22.4 Å². The third-order valence-electron chi connectivity index (χ3n) is 14.4. The Labute approximate surface area is 378 Å². The Kier molecular flexibility index (Phi) is 11.2. The van der Waals surface area contributed by atoms with Crippen molar-refractivity contribution in [2.45, 2.75) is 83.0 Å². The van der Waals surface area contributed by atoms with Crippen molar-refractivity contribution < 1.29 is 28.7 Å². The van der Waals surface area contributed by atoms with Crippen molar-refractivity contribution in [1.29, 1.82) is 0 Å². The zero-order valence-corrected chi connectivity index (χ0v) is 37.3. The van der Waals surface area contributed by atoms with Crippen LogP contribution in [0.25, 0.3) is 43.9 Å². The summed E-state index contributed by atoms with van der Waals surface area (Å²) in [6.07, 6.45) is 6.62. The van der Waals surface area contributed by atoms with Gasteiger partial charge in [0.15, 0.2) is 0 Å². The van der Waals surface area contributed by atoms with Crippen LogP contribution >= 0.6 is 0 Å². The molecule has 0 unspecified atom stereocenters. The number of aromatic nitrogens is 2. The quantitative estimate of drug-likeness (QED) is 0.123. The average molecular weight is 871 g/mol. The first kappa shape index (κ1) is 42.1. The number of piperidine rings is 1. The smallest absolute Gasteiger partial charge is 0.407 e. The van der Waals surface area contributed by atoms with E-state index in [1.807, 2.05) is 60.2 Å². The molecule has 3 amide bonds. The molecule has 10 rings (SSSR count). The highest BCUT2D eigenvalue weighted by molar-refractivity contribution is 6.06. The number of carbonyl (C=O) groups is 4. The number of aromatic amines is 1. The number of fused-ring (bicyclic) bond motifs is 6. The number of nitrogens with zero attached hydrogens (tertiary/aromatic N) is 4. The summed E-state index contributed by atoms with van der Waals surface area (Å²) in [6.45, 7) is 4.65. The summed E-state index contributed by atoms with van der Waals surface area (Å²) in [4.78, 5) is 70.3. The van der Waals surface area contributed by atoms with Crippen LogP contribution in [0.15, 0.2) is 108 Å². The molecule has 1 aliphatic carbocycles. The van der Waals surface area contributed by atoms with Gasteiger partial charge in [-0.2, -0.15) is 0 Å². The average Bonchev–Trinajstić information content (AvgIpc) is 4.20. The summed E-state index contributed by atoms with van der Waals surface area (Å²) < 4.78 is 9.84. The van der Waals surface area contributed by atoms with E-state index in [1.54, 1.807) is 0 Å². The van der Waals surface area contributed by atoms with Gasteiger partial charge in [-0.15, -0.1) is 0 Å². The number of likely N-dealkylation sites (tertiary alicyclic amines) is 2. The number of alkyl carbamates (subject to hydrolysis) is 1. The minimum atomic E-state index is -0.873. The number of methoxy groups -OCH3 is 2. The number of aliphatic imine (C=N–C) groups is 1. The van der Waals surface area contributed by atoms with Crippen LogP contribution in [0.4, 0.5) is 10.5 Å². The second-order valence-corrected chi connectivity index (χ2v) is 18.5. The number of rotatable bonds is 11. The molecule has 0 spiro atoms. The first-order valence-corrected chi connectivity index (χ1v) is 22.9. The molecule has 3 fully saturated rings. The third-order valence-corrected chi connectivity index (χ3v) is 14.4. The number of hydrogen-bond acceptors (Lipinski definition) is 8. The lowest BCUT2D eigenvalue weighted by molar-refractivity contribution is -0.148. The normalized spacial score (nSPS) is 20.8. The standard InChI is InChI=1S/C53H54N6O6/c1-30(2)41(28-47(60)64-3)51(61)58-22-8-11-46(58)44-27-42-40-20-17-35(24-36(40)18-21-43(42)55-44)32-12-13-34-25-37(15-14-33(34)23-32)45-29-54-50(56-45)49-38-16-19-39(26-38)59(49)52(62)48(57-53(63)65-4)31-9-6-5-7-10-31/h5-7,9-10,12-15,17-18,20-21,23-25,29-30,38-39,41,46,48-49H,8,11,16,19,22,26-28H2,1-4H3,(H,54,56)(H,57,63)/t38-,39+,41-,46-,48+,49-/m0/s1. The van der Waals surface area contributed by atoms with E-state index in [-0.39, 0.29) is 54.2 Å². The molecule has 3 aliphatic heterocycles. The van der Waals surface area contributed by atoms with Crippen molar-refractivity contribution in [1.82, 2.24) is 25.1 Å². The summed E-state index contributed by atoms with van der Waals surface area (Å²) in [5.41, 5.74) is 8.02. The molecule has 1 saturated carbocycles. The molecule has 1 aromatic heterocycles. The molecule has 12 heteroatoms. The molecular formula is C53H54N6O6. The molecule has 12 nitrogen and oxygen atoms in total. The summed E-state index contributed by atoms with van der Waals surface area (Å²) in [6, 6.07) is 32.1. The lowest BCUT2D eigenvalue weighted by Crippen LogP contribution is -2.47. The molecule has 0 radical (unpaired) electrons. The monoisotopic (exact) mass is 870 g/mol. The van der Waals surface area contributed by atoms with Crippen LogP contribution in [0.5, 0.6) is 0 Å². The fourth-order valence-corrected chi connectivity index (χ4v) is 11.0. The van der Waals surface area contributed by atoms with E-state index in [9.17, 15) is 19.2 Å². The van der Waals surface area contributed by atoms with Gasteiger partial charge in [0.25, 0.3) is 5.91 Å². The van der Waals surface area contributed by atoms with Crippen molar-refractivity contribution in [2.24, 2.45) is 22.7 Å². The van der Waals surface area contributed by atoms with Crippen molar-refractivity contribution >= 4 is 56.8 Å². The predicted molar refractivity (Wildman–Crippen MR) is 250 cm³/mol. The van der Waals surface area contributed by atoms with Gasteiger partial charge >= 0.3 is 12.1 Å². The number of hydrogen-bond donors (Lipinski definition) is 2. The Balaban J connectivity index is 0.854. The second kappa shape index (κ2) is 17.3. The zero-order chi connectivity index (χ0) is 44.9. The summed E-state index contributed by atoms with van der Waals surface area (Å²) in [5.74, 6) is 0.131. The summed E-state index contributed by atoms with van der Waals surface area (Å²) in [5, 5.41) is 7.33. The van der Waals surface area contributed by atoms with Gasteiger partial charge in [-0.25, -0.2) is 9.78 Å².